The fourth-order valence-corrected chi connectivity index (χ4v) is 1.38. The molecule has 0 saturated heterocycles. The zero-order chi connectivity index (χ0) is 10.6. The maximum absolute atomic E-state index is 3.96. The molecule has 0 N–H and O–H groups in total. The van der Waals surface area contributed by atoms with Crippen molar-refractivity contribution in [2.24, 2.45) is 18.9 Å². The van der Waals surface area contributed by atoms with Gasteiger partial charge in [0.25, 0.3) is 0 Å². The molecule has 14 heavy (non-hydrogen) atoms. The largest absolute Gasteiger partial charge is 0.233 e. The van der Waals surface area contributed by atoms with E-state index in [0.717, 1.165) is 24.1 Å². The molecule has 1 aromatic rings. The summed E-state index contributed by atoms with van der Waals surface area (Å²) in [6, 6.07) is 0. The van der Waals surface area contributed by atoms with E-state index >= 15 is 0 Å². The lowest BCUT2D eigenvalue weighted by Gasteiger charge is -2.14. The average Bonchev–Trinajstić information content (AvgIpc) is 2.51. The van der Waals surface area contributed by atoms with Crippen molar-refractivity contribution in [1.29, 1.82) is 0 Å². The fourth-order valence-electron chi connectivity index (χ4n) is 1.38. The van der Waals surface area contributed by atoms with Gasteiger partial charge < -0.3 is 0 Å². The molecule has 0 bridgehead atoms. The Morgan fingerprint density at radius 3 is 2.50 bits per heavy atom. The van der Waals surface area contributed by atoms with Crippen molar-refractivity contribution in [3.8, 4) is 0 Å². The van der Waals surface area contributed by atoms with Gasteiger partial charge in [0.1, 0.15) is 0 Å². The second kappa shape index (κ2) is 5.08. The van der Waals surface area contributed by atoms with Crippen LogP contribution in [0.1, 0.15) is 39.4 Å². The molecule has 0 aromatic carbocycles. The van der Waals surface area contributed by atoms with E-state index in [1.54, 1.807) is 4.68 Å². The van der Waals surface area contributed by atoms with E-state index in [1.807, 2.05) is 7.05 Å². The zero-order valence-electron chi connectivity index (χ0n) is 9.56. The summed E-state index contributed by atoms with van der Waals surface area (Å²) in [7, 11) is 1.89. The number of nitrogens with zero attached hydrogens (tertiary/aromatic N) is 4. The van der Waals surface area contributed by atoms with Gasteiger partial charge >= 0.3 is 0 Å². The molecule has 0 radical (unpaired) electrons. The van der Waals surface area contributed by atoms with E-state index in [2.05, 4.69) is 36.3 Å². The summed E-state index contributed by atoms with van der Waals surface area (Å²) >= 11 is 0. The van der Waals surface area contributed by atoms with Crippen LogP contribution in [-0.2, 0) is 13.5 Å². The molecule has 4 heteroatoms. The Morgan fingerprint density at radius 1 is 1.29 bits per heavy atom. The van der Waals surface area contributed by atoms with Crippen molar-refractivity contribution in [2.45, 2.75) is 40.0 Å². The molecule has 80 valence electrons. The first-order valence-corrected chi connectivity index (χ1v) is 5.32. The predicted octanol–water partition coefficient (Wildman–Crippen LogP) is 1.82. The molecule has 1 atom stereocenters. The van der Waals surface area contributed by atoms with Gasteiger partial charge in [-0.2, -0.15) is 0 Å². The fraction of sp³-hybridized carbons (Fsp3) is 0.900. The van der Waals surface area contributed by atoms with E-state index in [9.17, 15) is 0 Å². The maximum atomic E-state index is 3.96. The van der Waals surface area contributed by atoms with Crippen molar-refractivity contribution in [3.63, 3.8) is 0 Å². The van der Waals surface area contributed by atoms with Crippen LogP contribution >= 0.6 is 0 Å². The molecule has 0 aliphatic heterocycles. The third kappa shape index (κ3) is 3.09. The lowest BCUT2D eigenvalue weighted by molar-refractivity contribution is 0.380. The monoisotopic (exact) mass is 196 g/mol. The molecular formula is C10H20N4. The summed E-state index contributed by atoms with van der Waals surface area (Å²) in [6.45, 7) is 6.85. The van der Waals surface area contributed by atoms with Gasteiger partial charge in [-0.25, -0.2) is 4.68 Å². The third-order valence-electron chi connectivity index (χ3n) is 2.91. The predicted molar refractivity (Wildman–Crippen MR) is 55.7 cm³/mol. The number of rotatable bonds is 5. The zero-order valence-corrected chi connectivity index (χ0v) is 9.56. The summed E-state index contributed by atoms with van der Waals surface area (Å²) in [5.74, 6) is 2.55. The van der Waals surface area contributed by atoms with Crippen molar-refractivity contribution in [1.82, 2.24) is 20.2 Å². The van der Waals surface area contributed by atoms with Crippen LogP contribution in [-0.4, -0.2) is 20.2 Å². The molecule has 4 nitrogen and oxygen atoms in total. The number of hydrogen-bond donors (Lipinski definition) is 0. The van der Waals surface area contributed by atoms with Crippen molar-refractivity contribution < 1.29 is 0 Å². The standard InChI is InChI=1S/C10H20N4/c1-8(2)9(3)6-5-7-10-11-12-13-14(10)4/h8-9H,5-7H2,1-4H3. The van der Waals surface area contributed by atoms with Crippen LogP contribution in [0.2, 0.25) is 0 Å². The van der Waals surface area contributed by atoms with Crippen LogP contribution in [0.25, 0.3) is 0 Å². The minimum absolute atomic E-state index is 0.771. The number of hydrogen-bond acceptors (Lipinski definition) is 3. The first-order valence-electron chi connectivity index (χ1n) is 5.32. The Kier molecular flexibility index (Phi) is 4.04. The Morgan fingerprint density at radius 2 is 2.00 bits per heavy atom. The highest BCUT2D eigenvalue weighted by Crippen LogP contribution is 2.16. The molecule has 1 heterocycles. The van der Waals surface area contributed by atoms with Gasteiger partial charge in [-0.15, -0.1) is 5.10 Å². The molecule has 0 spiro atoms. The number of tetrazole rings is 1. The minimum atomic E-state index is 0.771. The highest BCUT2D eigenvalue weighted by atomic mass is 15.5. The van der Waals surface area contributed by atoms with Gasteiger partial charge in [0.2, 0.25) is 0 Å². The molecular weight excluding hydrogens is 176 g/mol. The van der Waals surface area contributed by atoms with Crippen LogP contribution in [0.3, 0.4) is 0 Å². The Balaban J connectivity index is 2.25. The summed E-state index contributed by atoms with van der Waals surface area (Å²) in [5.41, 5.74) is 0. The van der Waals surface area contributed by atoms with E-state index < -0.39 is 0 Å². The van der Waals surface area contributed by atoms with E-state index in [4.69, 9.17) is 0 Å². The summed E-state index contributed by atoms with van der Waals surface area (Å²) in [6.07, 6.45) is 3.42. The first kappa shape index (κ1) is 11.1. The van der Waals surface area contributed by atoms with E-state index in [-0.39, 0.29) is 0 Å². The number of aromatic nitrogens is 4. The SMILES string of the molecule is CC(C)C(C)CCCc1nnnn1C. The lowest BCUT2D eigenvalue weighted by Crippen LogP contribution is -2.06. The second-order valence-corrected chi connectivity index (χ2v) is 4.33. The Hall–Kier alpha value is -0.930. The van der Waals surface area contributed by atoms with Crippen molar-refractivity contribution in [2.75, 3.05) is 0 Å². The molecule has 1 unspecified atom stereocenters. The van der Waals surface area contributed by atoms with Crippen molar-refractivity contribution >= 4 is 0 Å². The summed E-state index contributed by atoms with van der Waals surface area (Å²) < 4.78 is 1.75. The summed E-state index contributed by atoms with van der Waals surface area (Å²) in [5, 5.41) is 11.4. The highest BCUT2D eigenvalue weighted by molar-refractivity contribution is 4.79. The van der Waals surface area contributed by atoms with Gasteiger partial charge in [0.05, 0.1) is 0 Å². The molecule has 1 aromatic heterocycles. The third-order valence-corrected chi connectivity index (χ3v) is 2.91. The van der Waals surface area contributed by atoms with Gasteiger partial charge in [0, 0.05) is 13.5 Å². The van der Waals surface area contributed by atoms with Crippen LogP contribution in [0.4, 0.5) is 0 Å². The van der Waals surface area contributed by atoms with E-state index in [1.165, 1.54) is 12.8 Å². The Bertz CT molecular complexity index is 267. The minimum Gasteiger partial charge on any atom is -0.233 e. The molecule has 1 rings (SSSR count). The van der Waals surface area contributed by atoms with Gasteiger partial charge in [-0.1, -0.05) is 27.2 Å². The maximum Gasteiger partial charge on any atom is 0.150 e. The van der Waals surface area contributed by atoms with Crippen LogP contribution in [0, 0.1) is 11.8 Å². The van der Waals surface area contributed by atoms with Gasteiger partial charge in [-0.05, 0) is 28.7 Å². The number of aryl methyl sites for hydroxylation is 2. The normalized spacial score (nSPS) is 13.5. The molecule has 0 amide bonds. The van der Waals surface area contributed by atoms with Gasteiger partial charge in [-0.3, -0.25) is 0 Å². The smallest absolute Gasteiger partial charge is 0.150 e. The average molecular weight is 196 g/mol. The molecule has 0 fully saturated rings. The van der Waals surface area contributed by atoms with E-state index in [0.29, 0.717) is 0 Å². The molecule has 0 saturated carbocycles. The quantitative estimate of drug-likeness (QED) is 0.721. The topological polar surface area (TPSA) is 43.6 Å². The van der Waals surface area contributed by atoms with Crippen LogP contribution < -0.4 is 0 Å². The van der Waals surface area contributed by atoms with Crippen LogP contribution in [0.15, 0.2) is 0 Å². The second-order valence-electron chi connectivity index (χ2n) is 4.33. The van der Waals surface area contributed by atoms with Gasteiger partial charge in [0.15, 0.2) is 5.82 Å². The lowest BCUT2D eigenvalue weighted by atomic mass is 9.92. The van der Waals surface area contributed by atoms with Crippen LogP contribution in [0.5, 0.6) is 0 Å². The van der Waals surface area contributed by atoms with Crippen molar-refractivity contribution in [3.05, 3.63) is 5.82 Å². The highest BCUT2D eigenvalue weighted by Gasteiger charge is 2.08. The Labute approximate surface area is 85.7 Å². The molecule has 0 aliphatic carbocycles. The first-order chi connectivity index (χ1) is 6.61. The summed E-state index contributed by atoms with van der Waals surface area (Å²) in [4.78, 5) is 0. The molecule has 0 aliphatic rings.